The van der Waals surface area contributed by atoms with Gasteiger partial charge in [0.2, 0.25) is 5.91 Å². The fourth-order valence-corrected chi connectivity index (χ4v) is 4.57. The van der Waals surface area contributed by atoms with Gasteiger partial charge in [0.15, 0.2) is 0 Å². The van der Waals surface area contributed by atoms with Crippen LogP contribution in [0.3, 0.4) is 0 Å². The Morgan fingerprint density at radius 2 is 2.17 bits per heavy atom. The summed E-state index contributed by atoms with van der Waals surface area (Å²) in [7, 11) is 0. The summed E-state index contributed by atoms with van der Waals surface area (Å²) in [5, 5.41) is 13.1. The molecule has 0 spiro atoms. The van der Waals surface area contributed by atoms with Crippen LogP contribution in [0.1, 0.15) is 36.9 Å². The molecule has 1 aromatic rings. The quantitative estimate of drug-likeness (QED) is 0.812. The molecule has 0 radical (unpaired) electrons. The van der Waals surface area contributed by atoms with Gasteiger partial charge in [0.05, 0.1) is 18.7 Å². The number of fused-ring (bicyclic) bond motifs is 4. The van der Waals surface area contributed by atoms with Crippen molar-refractivity contribution in [2.75, 3.05) is 26.2 Å². The summed E-state index contributed by atoms with van der Waals surface area (Å²) >= 11 is 0. The molecule has 2 N–H and O–H groups in total. The maximum absolute atomic E-state index is 12.7. The number of nitrogens with one attached hydrogen (secondary N) is 1. The van der Waals surface area contributed by atoms with E-state index in [-0.39, 0.29) is 54.4 Å². The molecular weight excluding hydrogens is 330 g/mol. The van der Waals surface area contributed by atoms with Gasteiger partial charge in [-0.15, -0.1) is 12.4 Å². The molecule has 7 heteroatoms. The van der Waals surface area contributed by atoms with Gasteiger partial charge < -0.3 is 19.9 Å². The van der Waals surface area contributed by atoms with Crippen molar-refractivity contribution in [2.45, 2.75) is 37.3 Å². The van der Waals surface area contributed by atoms with Crippen molar-refractivity contribution in [3.8, 4) is 0 Å². The van der Waals surface area contributed by atoms with Gasteiger partial charge in [0, 0.05) is 36.7 Å². The van der Waals surface area contributed by atoms with E-state index in [2.05, 4.69) is 5.32 Å². The van der Waals surface area contributed by atoms with Crippen LogP contribution in [0.2, 0.25) is 0 Å². The van der Waals surface area contributed by atoms with Crippen molar-refractivity contribution >= 4 is 18.3 Å². The number of pyridine rings is 1. The number of piperidine rings is 1. The Balaban J connectivity index is 0.00000169. The first-order valence-corrected chi connectivity index (χ1v) is 8.53. The highest BCUT2D eigenvalue weighted by Crippen LogP contribution is 2.41. The zero-order valence-corrected chi connectivity index (χ0v) is 14.4. The molecule has 0 saturated carbocycles. The molecule has 6 nitrogen and oxygen atoms in total. The van der Waals surface area contributed by atoms with Gasteiger partial charge in [-0.25, -0.2) is 0 Å². The van der Waals surface area contributed by atoms with Crippen LogP contribution in [-0.4, -0.2) is 52.8 Å². The number of halogens is 1. The summed E-state index contributed by atoms with van der Waals surface area (Å²) < 4.78 is 1.76. The maximum Gasteiger partial charge on any atom is 0.251 e. The van der Waals surface area contributed by atoms with Crippen LogP contribution in [0.5, 0.6) is 0 Å². The third-order valence-electron chi connectivity index (χ3n) is 5.66. The topological polar surface area (TPSA) is 74.6 Å². The van der Waals surface area contributed by atoms with E-state index in [1.165, 1.54) is 0 Å². The number of amides is 1. The first kappa shape index (κ1) is 17.5. The van der Waals surface area contributed by atoms with Gasteiger partial charge in [-0.3, -0.25) is 9.59 Å². The van der Waals surface area contributed by atoms with Gasteiger partial charge in [0.25, 0.3) is 5.56 Å². The van der Waals surface area contributed by atoms with Crippen molar-refractivity contribution in [3.05, 3.63) is 34.2 Å². The smallest absolute Gasteiger partial charge is 0.251 e. The average molecular weight is 354 g/mol. The SMILES string of the molecule is Cl.O=C([C@@H]1CCCN1)N1C[C@H]2C[C@@H](C1)[C@H](CO)n1c2cccc1=O. The molecule has 4 rings (SSSR count). The van der Waals surface area contributed by atoms with E-state index in [0.29, 0.717) is 13.1 Å². The standard InChI is InChI=1S/C17H23N3O3.ClH/c21-10-15-12-7-11(14-4-1-5-16(22)20(14)15)8-19(9-12)17(23)13-3-2-6-18-13;/h1,4-5,11-13,15,18,21H,2-3,6-10H2;1H/t11-,12+,13+,15+;/m1./s1. The van der Waals surface area contributed by atoms with Crippen LogP contribution < -0.4 is 10.9 Å². The molecule has 2 fully saturated rings. The number of hydrogen-bond donors (Lipinski definition) is 2. The summed E-state index contributed by atoms with van der Waals surface area (Å²) in [6.07, 6.45) is 2.90. The van der Waals surface area contributed by atoms with Crippen LogP contribution in [0, 0.1) is 5.92 Å². The minimum absolute atomic E-state index is 0. The number of aliphatic hydroxyl groups excluding tert-OH is 1. The van der Waals surface area contributed by atoms with Gasteiger partial charge >= 0.3 is 0 Å². The van der Waals surface area contributed by atoms with Crippen molar-refractivity contribution in [1.29, 1.82) is 0 Å². The first-order chi connectivity index (χ1) is 11.2. The number of hydrogen-bond acceptors (Lipinski definition) is 4. The second-order valence-corrected chi connectivity index (χ2v) is 6.99. The third-order valence-corrected chi connectivity index (χ3v) is 5.66. The predicted molar refractivity (Wildman–Crippen MR) is 92.5 cm³/mol. The highest BCUT2D eigenvalue weighted by atomic mass is 35.5. The number of aliphatic hydroxyl groups is 1. The molecule has 0 unspecified atom stereocenters. The number of likely N-dealkylation sites (tertiary alicyclic amines) is 1. The minimum Gasteiger partial charge on any atom is -0.394 e. The second-order valence-electron chi connectivity index (χ2n) is 6.99. The number of carbonyl (C=O) groups excluding carboxylic acids is 1. The molecule has 0 aliphatic carbocycles. The number of aromatic nitrogens is 1. The Hall–Kier alpha value is -1.37. The van der Waals surface area contributed by atoms with E-state index >= 15 is 0 Å². The van der Waals surface area contributed by atoms with Crippen LogP contribution in [0.4, 0.5) is 0 Å². The molecule has 2 saturated heterocycles. The normalized spacial score (nSPS) is 31.3. The first-order valence-electron chi connectivity index (χ1n) is 8.53. The molecule has 4 heterocycles. The van der Waals surface area contributed by atoms with Crippen LogP contribution in [-0.2, 0) is 4.79 Å². The molecule has 2 bridgehead atoms. The Morgan fingerprint density at radius 1 is 1.33 bits per heavy atom. The molecule has 0 aromatic carbocycles. The zero-order valence-electron chi connectivity index (χ0n) is 13.6. The Kier molecular flexibility index (Phi) is 4.99. The number of nitrogens with zero attached hydrogens (tertiary/aromatic N) is 2. The minimum atomic E-state index is -0.220. The average Bonchev–Trinajstić information content (AvgIpc) is 3.10. The summed E-state index contributed by atoms with van der Waals surface area (Å²) in [6.45, 7) is 2.17. The largest absolute Gasteiger partial charge is 0.394 e. The molecule has 4 atom stereocenters. The summed E-state index contributed by atoms with van der Waals surface area (Å²) in [4.78, 5) is 26.9. The van der Waals surface area contributed by atoms with Crippen LogP contribution >= 0.6 is 12.4 Å². The van der Waals surface area contributed by atoms with E-state index in [9.17, 15) is 14.7 Å². The fourth-order valence-electron chi connectivity index (χ4n) is 4.57. The van der Waals surface area contributed by atoms with E-state index in [4.69, 9.17) is 0 Å². The lowest BCUT2D eigenvalue weighted by molar-refractivity contribution is -0.136. The zero-order chi connectivity index (χ0) is 16.0. The van der Waals surface area contributed by atoms with Crippen molar-refractivity contribution in [1.82, 2.24) is 14.8 Å². The van der Waals surface area contributed by atoms with Crippen molar-refractivity contribution in [3.63, 3.8) is 0 Å². The molecular formula is C17H24ClN3O3. The molecule has 132 valence electrons. The number of carbonyl (C=O) groups is 1. The van der Waals surface area contributed by atoms with Crippen molar-refractivity contribution in [2.24, 2.45) is 5.92 Å². The Bertz CT molecular complexity index is 671. The maximum atomic E-state index is 12.7. The van der Waals surface area contributed by atoms with E-state index in [1.807, 2.05) is 11.0 Å². The Labute approximate surface area is 147 Å². The highest BCUT2D eigenvalue weighted by Gasteiger charge is 2.42. The monoisotopic (exact) mass is 353 g/mol. The molecule has 1 aromatic heterocycles. The van der Waals surface area contributed by atoms with E-state index < -0.39 is 0 Å². The summed E-state index contributed by atoms with van der Waals surface area (Å²) in [5.74, 6) is 0.521. The predicted octanol–water partition coefficient (Wildman–Crippen LogP) is 0.501. The lowest BCUT2D eigenvalue weighted by atomic mass is 9.78. The van der Waals surface area contributed by atoms with Gasteiger partial charge in [-0.05, 0) is 31.9 Å². The summed E-state index contributed by atoms with van der Waals surface area (Å²) in [5.41, 5.74) is 0.915. The molecule has 1 amide bonds. The van der Waals surface area contributed by atoms with Crippen LogP contribution in [0.25, 0.3) is 0 Å². The molecule has 24 heavy (non-hydrogen) atoms. The third kappa shape index (κ3) is 2.76. The fraction of sp³-hybridized carbons (Fsp3) is 0.647. The number of rotatable bonds is 2. The second kappa shape index (κ2) is 6.86. The van der Waals surface area contributed by atoms with E-state index in [1.54, 1.807) is 16.7 Å². The van der Waals surface area contributed by atoms with E-state index in [0.717, 1.165) is 31.5 Å². The van der Waals surface area contributed by atoms with Gasteiger partial charge in [-0.2, -0.15) is 0 Å². The van der Waals surface area contributed by atoms with Gasteiger partial charge in [-0.1, -0.05) is 6.07 Å². The van der Waals surface area contributed by atoms with Crippen molar-refractivity contribution < 1.29 is 9.90 Å². The van der Waals surface area contributed by atoms with Crippen LogP contribution in [0.15, 0.2) is 23.0 Å². The summed E-state index contributed by atoms with van der Waals surface area (Å²) in [6, 6.07) is 5.02. The lowest BCUT2D eigenvalue weighted by Gasteiger charge is -2.47. The molecule has 3 aliphatic rings. The lowest BCUT2D eigenvalue weighted by Crippen LogP contribution is -2.54. The van der Waals surface area contributed by atoms with Gasteiger partial charge in [0.1, 0.15) is 0 Å². The highest BCUT2D eigenvalue weighted by molar-refractivity contribution is 5.85. The molecule has 3 aliphatic heterocycles. The Morgan fingerprint density at radius 3 is 2.88 bits per heavy atom.